The Bertz CT molecular complexity index is 873. The van der Waals surface area contributed by atoms with Gasteiger partial charge in [-0.25, -0.2) is 4.98 Å². The third-order valence-corrected chi connectivity index (χ3v) is 3.27. The molecule has 0 saturated heterocycles. The first kappa shape index (κ1) is 13.7. The van der Waals surface area contributed by atoms with Crippen LogP contribution in [-0.4, -0.2) is 9.97 Å². The number of anilines is 1. The van der Waals surface area contributed by atoms with Gasteiger partial charge in [-0.1, -0.05) is 23.2 Å². The van der Waals surface area contributed by atoms with E-state index in [0.717, 1.165) is 0 Å². The zero-order valence-electron chi connectivity index (χ0n) is 10.6. The molecule has 0 bridgehead atoms. The molecule has 7 heteroatoms. The van der Waals surface area contributed by atoms with E-state index in [1.54, 1.807) is 24.3 Å². The minimum absolute atomic E-state index is 0.260. The van der Waals surface area contributed by atoms with Crippen LogP contribution in [0.25, 0.3) is 10.9 Å². The Kier molecular flexibility index (Phi) is 3.45. The van der Waals surface area contributed by atoms with Gasteiger partial charge in [-0.2, -0.15) is 0 Å². The number of nitrogen functional groups attached to an aromatic ring is 1. The summed E-state index contributed by atoms with van der Waals surface area (Å²) in [5.41, 5.74) is 6.45. The van der Waals surface area contributed by atoms with Gasteiger partial charge in [0, 0.05) is 16.1 Å². The van der Waals surface area contributed by atoms with Gasteiger partial charge in [-0.3, -0.25) is 4.79 Å². The van der Waals surface area contributed by atoms with Gasteiger partial charge >= 0.3 is 0 Å². The number of H-pyrrole nitrogens is 1. The minimum atomic E-state index is -0.260. The Hall–Kier alpha value is -2.24. The molecule has 5 nitrogen and oxygen atoms in total. The molecule has 0 amide bonds. The first-order chi connectivity index (χ1) is 10.0. The molecule has 0 unspecified atom stereocenters. The minimum Gasteiger partial charge on any atom is -0.455 e. The second-order valence-corrected chi connectivity index (χ2v) is 5.22. The van der Waals surface area contributed by atoms with Crippen molar-refractivity contribution in [2.24, 2.45) is 0 Å². The highest BCUT2D eigenvalue weighted by atomic mass is 35.5. The fraction of sp³-hybridized carbons (Fsp3) is 0. The van der Waals surface area contributed by atoms with Crippen LogP contribution in [-0.2, 0) is 0 Å². The van der Waals surface area contributed by atoms with E-state index in [9.17, 15) is 4.79 Å². The lowest BCUT2D eigenvalue weighted by Gasteiger charge is -2.10. The molecule has 0 aliphatic carbocycles. The monoisotopic (exact) mass is 321 g/mol. The molecule has 0 atom stereocenters. The van der Waals surface area contributed by atoms with Crippen LogP contribution >= 0.6 is 23.2 Å². The van der Waals surface area contributed by atoms with Crippen LogP contribution in [0.15, 0.2) is 41.5 Å². The molecule has 0 saturated carbocycles. The van der Waals surface area contributed by atoms with Crippen LogP contribution in [0.2, 0.25) is 10.0 Å². The smallest absolute Gasteiger partial charge is 0.258 e. The van der Waals surface area contributed by atoms with Gasteiger partial charge < -0.3 is 15.5 Å². The van der Waals surface area contributed by atoms with E-state index in [0.29, 0.717) is 38.1 Å². The predicted molar refractivity (Wildman–Crippen MR) is 83.3 cm³/mol. The molecule has 2 aromatic carbocycles. The van der Waals surface area contributed by atoms with Crippen molar-refractivity contribution in [1.29, 1.82) is 0 Å². The average Bonchev–Trinajstić information content (AvgIpc) is 2.40. The summed E-state index contributed by atoms with van der Waals surface area (Å²) in [6.07, 6.45) is 1.32. The van der Waals surface area contributed by atoms with Crippen LogP contribution in [0.1, 0.15) is 0 Å². The van der Waals surface area contributed by atoms with Crippen molar-refractivity contribution in [1.82, 2.24) is 9.97 Å². The number of hydrogen-bond acceptors (Lipinski definition) is 4. The Labute approximate surface area is 129 Å². The van der Waals surface area contributed by atoms with Gasteiger partial charge in [-0.15, -0.1) is 0 Å². The lowest BCUT2D eigenvalue weighted by molar-refractivity contribution is 0.486. The number of benzene rings is 2. The molecule has 3 rings (SSSR count). The molecular formula is C14H9Cl2N3O2. The molecule has 0 aliphatic heterocycles. The number of aromatic amines is 1. The zero-order chi connectivity index (χ0) is 15.0. The van der Waals surface area contributed by atoms with E-state index in [2.05, 4.69) is 9.97 Å². The van der Waals surface area contributed by atoms with Crippen LogP contribution < -0.4 is 16.0 Å². The van der Waals surface area contributed by atoms with Crippen molar-refractivity contribution in [3.05, 3.63) is 57.1 Å². The molecule has 1 heterocycles. The molecular weight excluding hydrogens is 313 g/mol. The summed E-state index contributed by atoms with van der Waals surface area (Å²) < 4.78 is 5.67. The van der Waals surface area contributed by atoms with Crippen molar-refractivity contribution < 1.29 is 4.74 Å². The quantitative estimate of drug-likeness (QED) is 0.706. The molecule has 106 valence electrons. The number of nitrogens with one attached hydrogen (secondary N) is 1. The van der Waals surface area contributed by atoms with Gasteiger partial charge in [-0.05, 0) is 24.3 Å². The lowest BCUT2D eigenvalue weighted by atomic mass is 10.2. The molecule has 0 fully saturated rings. The maximum absolute atomic E-state index is 11.7. The second kappa shape index (κ2) is 5.27. The van der Waals surface area contributed by atoms with Crippen molar-refractivity contribution in [2.75, 3.05) is 5.73 Å². The number of halogens is 2. The molecule has 0 aliphatic rings. The summed E-state index contributed by atoms with van der Waals surface area (Å²) in [7, 11) is 0. The van der Waals surface area contributed by atoms with Crippen LogP contribution in [0.3, 0.4) is 0 Å². The highest BCUT2D eigenvalue weighted by molar-refractivity contribution is 6.34. The van der Waals surface area contributed by atoms with Crippen LogP contribution in [0, 0.1) is 0 Å². The third-order valence-electron chi connectivity index (χ3n) is 2.84. The SMILES string of the molecule is Nc1cc2c(=O)[nH]cnc2cc1Oc1cc(Cl)cc(Cl)c1. The van der Waals surface area contributed by atoms with Crippen molar-refractivity contribution in [3.8, 4) is 11.5 Å². The predicted octanol–water partition coefficient (Wildman–Crippen LogP) is 3.60. The number of aromatic nitrogens is 2. The van der Waals surface area contributed by atoms with Crippen molar-refractivity contribution in [3.63, 3.8) is 0 Å². The Morgan fingerprint density at radius 1 is 1.10 bits per heavy atom. The van der Waals surface area contributed by atoms with Crippen molar-refractivity contribution in [2.45, 2.75) is 0 Å². The summed E-state index contributed by atoms with van der Waals surface area (Å²) in [5, 5.41) is 1.30. The van der Waals surface area contributed by atoms with Gasteiger partial charge in [0.2, 0.25) is 0 Å². The maximum Gasteiger partial charge on any atom is 0.258 e. The van der Waals surface area contributed by atoms with Gasteiger partial charge in [0.1, 0.15) is 5.75 Å². The largest absolute Gasteiger partial charge is 0.455 e. The molecule has 1 aromatic heterocycles. The maximum atomic E-state index is 11.7. The van der Waals surface area contributed by atoms with Gasteiger partial charge in [0.15, 0.2) is 5.75 Å². The summed E-state index contributed by atoms with van der Waals surface area (Å²) >= 11 is 11.8. The number of nitrogens with two attached hydrogens (primary N) is 1. The highest BCUT2D eigenvalue weighted by Crippen LogP contribution is 2.32. The fourth-order valence-electron chi connectivity index (χ4n) is 1.92. The van der Waals surface area contributed by atoms with Crippen LogP contribution in [0.5, 0.6) is 11.5 Å². The van der Waals surface area contributed by atoms with Gasteiger partial charge in [0.05, 0.1) is 22.9 Å². The summed E-state index contributed by atoms with van der Waals surface area (Å²) in [5.74, 6) is 0.822. The Balaban J connectivity index is 2.08. The Morgan fingerprint density at radius 2 is 1.81 bits per heavy atom. The molecule has 21 heavy (non-hydrogen) atoms. The van der Waals surface area contributed by atoms with E-state index in [4.69, 9.17) is 33.7 Å². The standard InChI is InChI=1S/C14H9Cl2N3O2/c15-7-1-8(16)3-9(2-7)21-13-5-12-10(4-11(13)17)14(20)19-6-18-12/h1-6H,17H2,(H,18,19,20). The normalized spacial score (nSPS) is 10.8. The second-order valence-electron chi connectivity index (χ2n) is 4.35. The summed E-state index contributed by atoms with van der Waals surface area (Å²) in [6.45, 7) is 0. The first-order valence-electron chi connectivity index (χ1n) is 5.94. The van der Waals surface area contributed by atoms with E-state index >= 15 is 0 Å². The Morgan fingerprint density at radius 3 is 2.52 bits per heavy atom. The molecule has 0 spiro atoms. The average molecular weight is 322 g/mol. The summed E-state index contributed by atoms with van der Waals surface area (Å²) in [4.78, 5) is 18.2. The van der Waals surface area contributed by atoms with Crippen LogP contribution in [0.4, 0.5) is 5.69 Å². The summed E-state index contributed by atoms with van der Waals surface area (Å²) in [6, 6.07) is 7.93. The van der Waals surface area contributed by atoms with Crippen molar-refractivity contribution >= 4 is 39.8 Å². The topological polar surface area (TPSA) is 81.0 Å². The number of fused-ring (bicyclic) bond motifs is 1. The number of rotatable bonds is 2. The van der Waals surface area contributed by atoms with E-state index in [-0.39, 0.29) is 5.56 Å². The molecule has 0 radical (unpaired) electrons. The first-order valence-corrected chi connectivity index (χ1v) is 6.69. The van der Waals surface area contributed by atoms with Gasteiger partial charge in [0.25, 0.3) is 5.56 Å². The number of ether oxygens (including phenoxy) is 1. The van der Waals surface area contributed by atoms with E-state index < -0.39 is 0 Å². The molecule has 3 N–H and O–H groups in total. The van der Waals surface area contributed by atoms with E-state index in [1.165, 1.54) is 12.4 Å². The number of hydrogen-bond donors (Lipinski definition) is 2. The number of nitrogens with zero attached hydrogens (tertiary/aromatic N) is 1. The lowest BCUT2D eigenvalue weighted by Crippen LogP contribution is -2.07. The fourth-order valence-corrected chi connectivity index (χ4v) is 2.42. The third kappa shape index (κ3) is 2.79. The zero-order valence-corrected chi connectivity index (χ0v) is 12.1. The molecule has 3 aromatic rings. The van der Waals surface area contributed by atoms with E-state index in [1.807, 2.05) is 0 Å². The highest BCUT2D eigenvalue weighted by Gasteiger charge is 2.09.